The second-order valence-electron chi connectivity index (χ2n) is 8.77. The highest BCUT2D eigenvalue weighted by atomic mass is 28.4. The summed E-state index contributed by atoms with van der Waals surface area (Å²) in [6.45, 7) is 10.2. The van der Waals surface area contributed by atoms with Crippen molar-refractivity contribution < 1.29 is 18.8 Å². The van der Waals surface area contributed by atoms with Crippen LogP contribution in [0.1, 0.15) is 44.8 Å². The van der Waals surface area contributed by atoms with Crippen molar-refractivity contribution in [2.75, 3.05) is 7.11 Å². The average Bonchev–Trinajstić information content (AvgIpc) is 2.59. The summed E-state index contributed by atoms with van der Waals surface area (Å²) in [4.78, 5) is 25.5. The number of carbonyl (C=O) groups excluding carboxylic acids is 2. The SMILES string of the molecule is COC(=O)C(C)(C)[C@H]1CCCC(=O)[C@@H]1[C@@H](O[Si](C)(C)C)c1ccccc1. The van der Waals surface area contributed by atoms with Gasteiger partial charge in [-0.2, -0.15) is 0 Å². The Kier molecular flexibility index (Phi) is 6.45. The number of Topliss-reactive ketones (excluding diaryl/α,β-unsaturated/α-hetero) is 1. The van der Waals surface area contributed by atoms with Crippen LogP contribution in [0, 0.1) is 17.3 Å². The molecule has 2 rings (SSSR count). The Labute approximate surface area is 158 Å². The third kappa shape index (κ3) is 4.63. The topological polar surface area (TPSA) is 52.6 Å². The van der Waals surface area contributed by atoms with Crippen LogP contribution >= 0.6 is 0 Å². The Bertz CT molecular complexity index is 633. The molecule has 0 unspecified atom stereocenters. The molecule has 4 nitrogen and oxygen atoms in total. The number of methoxy groups -OCH3 is 1. The van der Waals surface area contributed by atoms with Gasteiger partial charge in [-0.25, -0.2) is 0 Å². The molecular weight excluding hydrogens is 344 g/mol. The minimum Gasteiger partial charge on any atom is -0.469 e. The lowest BCUT2D eigenvalue weighted by Crippen LogP contribution is -2.47. The molecule has 1 aliphatic rings. The molecule has 3 atom stereocenters. The van der Waals surface area contributed by atoms with E-state index >= 15 is 0 Å². The number of hydrogen-bond donors (Lipinski definition) is 0. The van der Waals surface area contributed by atoms with Crippen LogP contribution in [0.2, 0.25) is 19.6 Å². The molecule has 1 aliphatic carbocycles. The van der Waals surface area contributed by atoms with Gasteiger partial charge in [-0.3, -0.25) is 9.59 Å². The third-order valence-electron chi connectivity index (χ3n) is 5.32. The highest BCUT2D eigenvalue weighted by molar-refractivity contribution is 6.69. The summed E-state index contributed by atoms with van der Waals surface area (Å²) < 4.78 is 11.6. The first kappa shape index (κ1) is 20.8. The van der Waals surface area contributed by atoms with Crippen LogP contribution in [0.5, 0.6) is 0 Å². The van der Waals surface area contributed by atoms with Gasteiger partial charge in [0.25, 0.3) is 0 Å². The molecule has 0 aliphatic heterocycles. The van der Waals surface area contributed by atoms with Gasteiger partial charge in [0.1, 0.15) is 5.78 Å². The van der Waals surface area contributed by atoms with Gasteiger partial charge in [-0.05, 0) is 57.8 Å². The largest absolute Gasteiger partial charge is 0.469 e. The predicted molar refractivity (Wildman–Crippen MR) is 105 cm³/mol. The molecule has 0 radical (unpaired) electrons. The molecule has 0 saturated heterocycles. The Hall–Kier alpha value is -1.46. The van der Waals surface area contributed by atoms with Crippen LogP contribution in [0.25, 0.3) is 0 Å². The van der Waals surface area contributed by atoms with Crippen molar-refractivity contribution >= 4 is 20.1 Å². The average molecular weight is 377 g/mol. The Balaban J connectivity index is 2.50. The summed E-state index contributed by atoms with van der Waals surface area (Å²) in [7, 11) is -0.496. The Morgan fingerprint density at radius 1 is 1.19 bits per heavy atom. The van der Waals surface area contributed by atoms with Crippen molar-refractivity contribution in [1.29, 1.82) is 0 Å². The molecule has 0 aromatic heterocycles. The highest BCUT2D eigenvalue weighted by Gasteiger charge is 2.50. The van der Waals surface area contributed by atoms with Gasteiger partial charge in [0.2, 0.25) is 0 Å². The summed E-state index contributed by atoms with van der Waals surface area (Å²) in [5.74, 6) is -0.489. The lowest BCUT2D eigenvalue weighted by Gasteiger charge is -2.44. The van der Waals surface area contributed by atoms with Gasteiger partial charge in [-0.1, -0.05) is 30.3 Å². The normalized spacial score (nSPS) is 22.8. The number of ether oxygens (including phenoxy) is 1. The van der Waals surface area contributed by atoms with Gasteiger partial charge < -0.3 is 9.16 Å². The van der Waals surface area contributed by atoms with Crippen LogP contribution in [0.4, 0.5) is 0 Å². The molecule has 0 amide bonds. The molecule has 0 bridgehead atoms. The molecule has 26 heavy (non-hydrogen) atoms. The zero-order valence-electron chi connectivity index (χ0n) is 16.9. The summed E-state index contributed by atoms with van der Waals surface area (Å²) in [5, 5.41) is 0. The number of hydrogen-bond acceptors (Lipinski definition) is 4. The lowest BCUT2D eigenvalue weighted by atomic mass is 9.62. The maximum absolute atomic E-state index is 13.0. The second-order valence-corrected chi connectivity index (χ2v) is 13.2. The molecular formula is C21H32O4Si. The quantitative estimate of drug-likeness (QED) is 0.530. The molecule has 1 saturated carbocycles. The number of carbonyl (C=O) groups is 2. The summed E-state index contributed by atoms with van der Waals surface area (Å²) in [6.07, 6.45) is 1.88. The molecule has 1 aromatic rings. The van der Waals surface area contributed by atoms with E-state index < -0.39 is 13.7 Å². The van der Waals surface area contributed by atoms with E-state index in [9.17, 15) is 9.59 Å². The van der Waals surface area contributed by atoms with Crippen LogP contribution < -0.4 is 0 Å². The van der Waals surface area contributed by atoms with Crippen molar-refractivity contribution in [2.24, 2.45) is 17.3 Å². The van der Waals surface area contributed by atoms with Crippen LogP contribution in [0.15, 0.2) is 30.3 Å². The third-order valence-corrected chi connectivity index (χ3v) is 6.28. The Morgan fingerprint density at radius 2 is 1.81 bits per heavy atom. The molecule has 0 spiro atoms. The van der Waals surface area contributed by atoms with Crippen molar-refractivity contribution in [1.82, 2.24) is 0 Å². The van der Waals surface area contributed by atoms with Crippen molar-refractivity contribution in [2.45, 2.75) is 58.9 Å². The number of benzene rings is 1. The summed E-state index contributed by atoms with van der Waals surface area (Å²) in [5.41, 5.74) is 0.284. The maximum Gasteiger partial charge on any atom is 0.311 e. The van der Waals surface area contributed by atoms with Gasteiger partial charge in [0, 0.05) is 6.42 Å². The Morgan fingerprint density at radius 3 is 2.35 bits per heavy atom. The van der Waals surface area contributed by atoms with Crippen molar-refractivity contribution in [3.63, 3.8) is 0 Å². The van der Waals surface area contributed by atoms with E-state index in [1.807, 2.05) is 44.2 Å². The molecule has 1 aromatic carbocycles. The molecule has 0 N–H and O–H groups in total. The van der Waals surface area contributed by atoms with Gasteiger partial charge in [0.15, 0.2) is 8.32 Å². The van der Waals surface area contributed by atoms with Gasteiger partial charge >= 0.3 is 5.97 Å². The molecule has 1 fully saturated rings. The fourth-order valence-corrected chi connectivity index (χ4v) is 5.09. The second kappa shape index (κ2) is 8.05. The zero-order chi connectivity index (χ0) is 19.5. The highest BCUT2D eigenvalue weighted by Crippen LogP contribution is 2.48. The van der Waals surface area contributed by atoms with E-state index in [1.165, 1.54) is 7.11 Å². The minimum atomic E-state index is -1.91. The van der Waals surface area contributed by atoms with E-state index in [-0.39, 0.29) is 29.7 Å². The lowest BCUT2D eigenvalue weighted by molar-refractivity contribution is -0.159. The van der Waals surface area contributed by atoms with Crippen molar-refractivity contribution in [3.8, 4) is 0 Å². The first-order valence-electron chi connectivity index (χ1n) is 9.42. The monoisotopic (exact) mass is 376 g/mol. The number of esters is 1. The van der Waals surface area contributed by atoms with Crippen LogP contribution in [-0.4, -0.2) is 27.2 Å². The smallest absolute Gasteiger partial charge is 0.311 e. The van der Waals surface area contributed by atoms with E-state index in [0.29, 0.717) is 6.42 Å². The van der Waals surface area contributed by atoms with Gasteiger partial charge in [-0.15, -0.1) is 0 Å². The van der Waals surface area contributed by atoms with E-state index in [4.69, 9.17) is 9.16 Å². The number of ketones is 1. The van der Waals surface area contributed by atoms with E-state index in [1.54, 1.807) is 0 Å². The van der Waals surface area contributed by atoms with Crippen molar-refractivity contribution in [3.05, 3.63) is 35.9 Å². The molecule has 144 valence electrons. The first-order chi connectivity index (χ1) is 12.1. The standard InChI is InChI=1S/C21H32O4Si/c1-21(2,20(23)24-3)16-13-10-14-17(22)18(16)19(25-26(4,5)6)15-11-8-7-9-12-15/h7-9,11-12,16,18-19H,10,13-14H2,1-6H3/t16-,18+,19-/m0/s1. The summed E-state index contributed by atoms with van der Waals surface area (Å²) in [6, 6.07) is 9.96. The zero-order valence-corrected chi connectivity index (χ0v) is 17.9. The van der Waals surface area contributed by atoms with Crippen LogP contribution in [-0.2, 0) is 18.8 Å². The first-order valence-corrected chi connectivity index (χ1v) is 12.8. The maximum atomic E-state index is 13.0. The summed E-state index contributed by atoms with van der Waals surface area (Å²) >= 11 is 0. The molecule has 0 heterocycles. The molecule has 5 heteroatoms. The number of rotatable bonds is 6. The fraction of sp³-hybridized carbons (Fsp3) is 0.619. The van der Waals surface area contributed by atoms with E-state index in [0.717, 1.165) is 18.4 Å². The van der Waals surface area contributed by atoms with E-state index in [2.05, 4.69) is 19.6 Å². The predicted octanol–water partition coefficient (Wildman–Crippen LogP) is 4.76. The fourth-order valence-electron chi connectivity index (χ4n) is 4.04. The minimum absolute atomic E-state index is 0.0993. The van der Waals surface area contributed by atoms with Crippen LogP contribution in [0.3, 0.4) is 0 Å². The van der Waals surface area contributed by atoms with Gasteiger partial charge in [0.05, 0.1) is 24.5 Å².